The van der Waals surface area contributed by atoms with Gasteiger partial charge in [-0.25, -0.2) is 9.29 Å². The maximum Gasteiger partial charge on any atom is 0.316 e. The van der Waals surface area contributed by atoms with E-state index in [0.717, 1.165) is 22.3 Å². The van der Waals surface area contributed by atoms with Crippen molar-refractivity contribution < 1.29 is 28.3 Å². The zero-order valence-electron chi connectivity index (χ0n) is 23.8. The highest BCUT2D eigenvalue weighted by atomic mass is 19.1. The Hall–Kier alpha value is -5.11. The number of halogens is 1. The number of rotatable bonds is 4. The van der Waals surface area contributed by atoms with Crippen LogP contribution in [0.15, 0.2) is 91.0 Å². The molecule has 3 aliphatic carbocycles. The maximum atomic E-state index is 14.1. The van der Waals surface area contributed by atoms with Gasteiger partial charge in [0.25, 0.3) is 0 Å². The van der Waals surface area contributed by atoms with E-state index in [2.05, 4.69) is 24.3 Å². The molecule has 0 saturated carbocycles. The van der Waals surface area contributed by atoms with Crippen LogP contribution in [0.3, 0.4) is 0 Å². The zero-order chi connectivity index (χ0) is 30.3. The van der Waals surface area contributed by atoms with Gasteiger partial charge >= 0.3 is 5.97 Å². The lowest BCUT2D eigenvalue weighted by Gasteiger charge is -2.45. The molecule has 2 heterocycles. The molecule has 9 rings (SSSR count). The number of ether oxygens (including phenoxy) is 1. The number of hydrogen-bond acceptors (Lipinski definition) is 5. The number of carbonyl (C=O) groups excluding carboxylic acids is 4. The van der Waals surface area contributed by atoms with Crippen LogP contribution in [0.25, 0.3) is 0 Å². The van der Waals surface area contributed by atoms with E-state index in [1.807, 2.05) is 24.3 Å². The number of aryl methyl sites for hydroxylation is 1. The second-order valence-corrected chi connectivity index (χ2v) is 12.0. The first-order chi connectivity index (χ1) is 21.3. The topological polar surface area (TPSA) is 84.0 Å². The van der Waals surface area contributed by atoms with Gasteiger partial charge in [0.2, 0.25) is 17.7 Å². The summed E-state index contributed by atoms with van der Waals surface area (Å²) in [6.45, 7) is 1.91. The van der Waals surface area contributed by atoms with Gasteiger partial charge in [-0.1, -0.05) is 48.5 Å². The minimum absolute atomic E-state index is 0.0139. The number of amides is 3. The van der Waals surface area contributed by atoms with Crippen molar-refractivity contribution in [3.63, 3.8) is 0 Å². The Kier molecular flexibility index (Phi) is 5.85. The van der Waals surface area contributed by atoms with Gasteiger partial charge in [0.15, 0.2) is 0 Å². The van der Waals surface area contributed by atoms with Crippen LogP contribution in [0.4, 0.5) is 15.8 Å². The van der Waals surface area contributed by atoms with Gasteiger partial charge in [0, 0.05) is 30.5 Å². The predicted molar refractivity (Wildman–Crippen MR) is 160 cm³/mol. The molecule has 0 radical (unpaired) electrons. The molecule has 0 spiro atoms. The molecule has 3 amide bonds. The standard InChI is InChI=1S/C36H27FN2O5/c1-19-16-23(44-36(43)20-17-29(40)38(18-20)22-12-10-21(37)11-13-22)14-15-28(19)39-34(41)32-30-24-6-2-3-7-25(24)31(33(32)35(39)42)27-9-5-4-8-26(27)30/h2-16,20,30-33H,17-18H2,1H3/t20-,30?,31?,32-,33+/m1/s1. The summed E-state index contributed by atoms with van der Waals surface area (Å²) in [5.74, 6) is -3.40. The molecular weight excluding hydrogens is 559 g/mol. The van der Waals surface area contributed by atoms with Gasteiger partial charge in [-0.05, 0) is 77.2 Å². The Balaban J connectivity index is 1.04. The second-order valence-electron chi connectivity index (χ2n) is 12.0. The molecule has 2 aliphatic heterocycles. The highest BCUT2D eigenvalue weighted by molar-refractivity contribution is 6.23. The first-order valence-corrected chi connectivity index (χ1v) is 14.8. The van der Waals surface area contributed by atoms with Crippen LogP contribution in [-0.4, -0.2) is 30.2 Å². The normalized spacial score (nSPS) is 24.8. The molecule has 0 aromatic heterocycles. The molecule has 3 atom stereocenters. The average Bonchev–Trinajstić information content (AvgIpc) is 3.55. The predicted octanol–water partition coefficient (Wildman–Crippen LogP) is 5.49. The highest BCUT2D eigenvalue weighted by Gasteiger charge is 2.61. The molecule has 5 aliphatic rings. The summed E-state index contributed by atoms with van der Waals surface area (Å²) in [5, 5.41) is 0. The molecule has 218 valence electrons. The van der Waals surface area contributed by atoms with Crippen molar-refractivity contribution in [2.75, 3.05) is 16.3 Å². The molecule has 2 bridgehead atoms. The third kappa shape index (κ3) is 3.80. The van der Waals surface area contributed by atoms with E-state index < -0.39 is 29.5 Å². The molecular formula is C36H27FN2O5. The fraction of sp³-hybridized carbons (Fsp3) is 0.222. The summed E-state index contributed by atoms with van der Waals surface area (Å²) in [6, 6.07) is 26.7. The first-order valence-electron chi connectivity index (χ1n) is 14.8. The maximum absolute atomic E-state index is 14.1. The van der Waals surface area contributed by atoms with Crippen LogP contribution in [0, 0.1) is 30.5 Å². The van der Waals surface area contributed by atoms with Crippen molar-refractivity contribution >= 4 is 35.1 Å². The first kappa shape index (κ1) is 26.5. The van der Waals surface area contributed by atoms with Gasteiger partial charge in [0.1, 0.15) is 11.6 Å². The van der Waals surface area contributed by atoms with E-state index in [1.54, 1.807) is 25.1 Å². The quantitative estimate of drug-likeness (QED) is 0.180. The number of imide groups is 1. The monoisotopic (exact) mass is 586 g/mol. The molecule has 8 heteroatoms. The molecule has 7 nitrogen and oxygen atoms in total. The molecule has 4 aromatic carbocycles. The van der Waals surface area contributed by atoms with Crippen LogP contribution >= 0.6 is 0 Å². The van der Waals surface area contributed by atoms with Crippen molar-refractivity contribution in [2.45, 2.75) is 25.2 Å². The van der Waals surface area contributed by atoms with Gasteiger partial charge in [-0.15, -0.1) is 0 Å². The van der Waals surface area contributed by atoms with Crippen molar-refractivity contribution in [2.24, 2.45) is 17.8 Å². The Morgan fingerprint density at radius 2 is 1.32 bits per heavy atom. The van der Waals surface area contributed by atoms with E-state index in [1.165, 1.54) is 34.1 Å². The molecule has 0 unspecified atom stereocenters. The summed E-state index contributed by atoms with van der Waals surface area (Å²) in [6.07, 6.45) is -0.0139. The largest absolute Gasteiger partial charge is 0.426 e. The summed E-state index contributed by atoms with van der Waals surface area (Å²) in [7, 11) is 0. The number of hydrogen-bond donors (Lipinski definition) is 0. The average molecular weight is 587 g/mol. The van der Waals surface area contributed by atoms with E-state index in [9.17, 15) is 23.6 Å². The fourth-order valence-corrected chi connectivity index (χ4v) is 7.79. The van der Waals surface area contributed by atoms with Gasteiger partial charge in [-0.3, -0.25) is 19.2 Å². The summed E-state index contributed by atoms with van der Waals surface area (Å²) in [4.78, 5) is 56.6. The smallest absolute Gasteiger partial charge is 0.316 e. The SMILES string of the molecule is Cc1cc(OC(=O)[C@@H]2CC(=O)N(c3ccc(F)cc3)C2)ccc1N1C(=O)[C@@H]2C3c4ccccc4C(c4ccccc43)[C@@H]2C1=O. The Morgan fingerprint density at radius 3 is 1.84 bits per heavy atom. The fourth-order valence-electron chi connectivity index (χ4n) is 7.79. The van der Waals surface area contributed by atoms with Crippen LogP contribution in [0.5, 0.6) is 5.75 Å². The minimum Gasteiger partial charge on any atom is -0.426 e. The van der Waals surface area contributed by atoms with Crippen LogP contribution in [0.1, 0.15) is 46.1 Å². The Labute approximate surface area is 252 Å². The van der Waals surface area contributed by atoms with Crippen LogP contribution < -0.4 is 14.5 Å². The number of benzene rings is 4. The number of esters is 1. The molecule has 2 saturated heterocycles. The van der Waals surface area contributed by atoms with E-state index in [0.29, 0.717) is 16.9 Å². The highest BCUT2D eigenvalue weighted by Crippen LogP contribution is 2.61. The number of carbonyl (C=O) groups is 4. The van der Waals surface area contributed by atoms with Gasteiger partial charge in [0.05, 0.1) is 23.4 Å². The lowest BCUT2D eigenvalue weighted by molar-refractivity contribution is -0.139. The van der Waals surface area contributed by atoms with E-state index in [4.69, 9.17) is 4.74 Å². The lowest BCUT2D eigenvalue weighted by atomic mass is 9.55. The third-order valence-electron chi connectivity index (χ3n) is 9.67. The molecule has 4 aromatic rings. The summed E-state index contributed by atoms with van der Waals surface area (Å²) < 4.78 is 19.0. The minimum atomic E-state index is -0.684. The second kappa shape index (κ2) is 9.71. The Bertz CT molecular complexity index is 1790. The van der Waals surface area contributed by atoms with Crippen molar-refractivity contribution in [3.05, 3.63) is 125 Å². The Morgan fingerprint density at radius 1 is 0.773 bits per heavy atom. The van der Waals surface area contributed by atoms with Crippen molar-refractivity contribution in [1.82, 2.24) is 0 Å². The van der Waals surface area contributed by atoms with Gasteiger partial charge < -0.3 is 9.64 Å². The third-order valence-corrected chi connectivity index (χ3v) is 9.67. The zero-order valence-corrected chi connectivity index (χ0v) is 23.8. The van der Waals surface area contributed by atoms with Crippen molar-refractivity contribution in [3.8, 4) is 5.75 Å². The van der Waals surface area contributed by atoms with Crippen molar-refractivity contribution in [1.29, 1.82) is 0 Å². The van der Waals surface area contributed by atoms with E-state index in [-0.39, 0.29) is 48.3 Å². The molecule has 44 heavy (non-hydrogen) atoms. The molecule has 0 N–H and O–H groups in total. The molecule has 2 fully saturated rings. The number of anilines is 2. The summed E-state index contributed by atoms with van der Waals surface area (Å²) >= 11 is 0. The van der Waals surface area contributed by atoms with Crippen LogP contribution in [0.2, 0.25) is 0 Å². The lowest BCUT2D eigenvalue weighted by Crippen LogP contribution is -2.41. The number of nitrogens with zero attached hydrogens (tertiary/aromatic N) is 2. The summed E-state index contributed by atoms with van der Waals surface area (Å²) in [5.41, 5.74) is 6.07. The van der Waals surface area contributed by atoms with E-state index >= 15 is 0 Å². The van der Waals surface area contributed by atoms with Crippen LogP contribution in [-0.2, 0) is 19.2 Å². The van der Waals surface area contributed by atoms with Gasteiger partial charge in [-0.2, -0.15) is 0 Å².